The quantitative estimate of drug-likeness (QED) is 0.146. The molecule has 0 saturated heterocycles. The van der Waals surface area contributed by atoms with Crippen molar-refractivity contribution < 1.29 is 0 Å². The summed E-state index contributed by atoms with van der Waals surface area (Å²) in [7, 11) is 0. The minimum absolute atomic E-state index is 0.623. The number of benzene rings is 8. The number of nitrogens with zero attached hydrogens (tertiary/aromatic N) is 5. The lowest BCUT2D eigenvalue weighted by molar-refractivity contribution is 1.07. The first kappa shape index (κ1) is 36.2. The van der Waals surface area contributed by atoms with Gasteiger partial charge >= 0.3 is 0 Å². The van der Waals surface area contributed by atoms with Crippen LogP contribution in [-0.2, 0) is 0 Å². The monoisotopic (exact) mass is 767 g/mol. The van der Waals surface area contributed by atoms with E-state index in [4.69, 9.17) is 24.9 Å². The van der Waals surface area contributed by atoms with Crippen LogP contribution in [0.3, 0.4) is 0 Å². The van der Waals surface area contributed by atoms with Gasteiger partial charge in [0.1, 0.15) is 0 Å². The van der Waals surface area contributed by atoms with Crippen molar-refractivity contribution in [3.8, 4) is 101 Å². The van der Waals surface area contributed by atoms with E-state index >= 15 is 0 Å². The van der Waals surface area contributed by atoms with Gasteiger partial charge in [0, 0.05) is 33.4 Å². The number of hydrogen-bond acceptors (Lipinski definition) is 5. The molecule has 0 bridgehead atoms. The van der Waals surface area contributed by atoms with Crippen molar-refractivity contribution >= 4 is 0 Å². The van der Waals surface area contributed by atoms with Crippen molar-refractivity contribution in [3.05, 3.63) is 224 Å². The maximum Gasteiger partial charge on any atom is 0.164 e. The van der Waals surface area contributed by atoms with Crippen LogP contribution in [0.4, 0.5) is 0 Å². The van der Waals surface area contributed by atoms with Crippen LogP contribution >= 0.6 is 0 Å². The molecule has 0 amide bonds. The van der Waals surface area contributed by atoms with Crippen molar-refractivity contribution in [1.29, 1.82) is 0 Å². The van der Waals surface area contributed by atoms with Gasteiger partial charge in [-0.15, -0.1) is 0 Å². The van der Waals surface area contributed by atoms with Crippen molar-refractivity contribution in [3.63, 3.8) is 0 Å². The topological polar surface area (TPSA) is 64.5 Å². The average Bonchev–Trinajstić information content (AvgIpc) is 3.35. The first-order valence-electron chi connectivity index (χ1n) is 20.0. The Morgan fingerprint density at radius 3 is 1.08 bits per heavy atom. The molecule has 0 spiro atoms. The highest BCUT2D eigenvalue weighted by Crippen LogP contribution is 2.36. The Balaban J connectivity index is 1.01. The highest BCUT2D eigenvalue weighted by molar-refractivity contribution is 5.84. The summed E-state index contributed by atoms with van der Waals surface area (Å²) in [5, 5.41) is 0. The van der Waals surface area contributed by atoms with Crippen LogP contribution in [0.5, 0.6) is 0 Å². The fourth-order valence-electron chi connectivity index (χ4n) is 7.48. The van der Waals surface area contributed by atoms with Crippen molar-refractivity contribution in [2.24, 2.45) is 0 Å². The molecule has 5 nitrogen and oxygen atoms in total. The minimum atomic E-state index is 0.623. The number of aromatic nitrogens is 5. The Bertz CT molecular complexity index is 2990. The number of hydrogen-bond donors (Lipinski definition) is 0. The zero-order valence-corrected chi connectivity index (χ0v) is 32.6. The van der Waals surface area contributed by atoms with Crippen LogP contribution in [0.25, 0.3) is 101 Å². The van der Waals surface area contributed by atoms with Gasteiger partial charge in [0.15, 0.2) is 23.3 Å². The standard InChI is InChI=1S/C55H37N5/c1-5-16-38(17-6-1)39-28-32-41(33-29-39)48-26-13-14-27-49(48)55-56-50(42-18-7-2-8-19-42)37-51(57-55)47-25-15-24-46(36-47)40-30-34-45(35-31-40)54-59-52(43-20-9-3-10-21-43)58-53(60-54)44-22-11-4-12-23-44/h1-37H. The molecule has 5 heteroatoms. The van der Waals surface area contributed by atoms with Gasteiger partial charge in [-0.2, -0.15) is 0 Å². The summed E-state index contributed by atoms with van der Waals surface area (Å²) in [6.07, 6.45) is 0. The summed E-state index contributed by atoms with van der Waals surface area (Å²) in [6.45, 7) is 0. The van der Waals surface area contributed by atoms with Crippen LogP contribution in [0, 0.1) is 0 Å². The highest BCUT2D eigenvalue weighted by Gasteiger charge is 2.16. The molecule has 0 N–H and O–H groups in total. The molecule has 282 valence electrons. The molecule has 2 heterocycles. The van der Waals surface area contributed by atoms with E-state index in [1.807, 2.05) is 84.9 Å². The van der Waals surface area contributed by atoms with E-state index in [0.717, 1.165) is 67.0 Å². The van der Waals surface area contributed by atoms with E-state index in [2.05, 4.69) is 140 Å². The zero-order valence-electron chi connectivity index (χ0n) is 32.6. The molecule has 0 radical (unpaired) electrons. The fourth-order valence-corrected chi connectivity index (χ4v) is 7.48. The van der Waals surface area contributed by atoms with Gasteiger partial charge in [0.25, 0.3) is 0 Å². The average molecular weight is 768 g/mol. The third kappa shape index (κ3) is 7.63. The Morgan fingerprint density at radius 1 is 0.183 bits per heavy atom. The molecule has 0 atom stereocenters. The van der Waals surface area contributed by atoms with Crippen LogP contribution in [-0.4, -0.2) is 24.9 Å². The molecule has 0 saturated carbocycles. The maximum absolute atomic E-state index is 5.27. The molecule has 0 fully saturated rings. The second-order valence-electron chi connectivity index (χ2n) is 14.5. The van der Waals surface area contributed by atoms with E-state index in [1.165, 1.54) is 11.1 Å². The van der Waals surface area contributed by atoms with Gasteiger partial charge < -0.3 is 0 Å². The summed E-state index contributed by atoms with van der Waals surface area (Å²) in [5.41, 5.74) is 14.2. The third-order valence-electron chi connectivity index (χ3n) is 10.6. The SMILES string of the molecule is c1ccc(-c2ccc(-c3ccccc3-c3nc(-c4ccccc4)cc(-c4cccc(-c5ccc(-c6nc(-c7ccccc7)nc(-c7ccccc7)n6)cc5)c4)n3)cc2)cc1. The maximum atomic E-state index is 5.27. The van der Waals surface area contributed by atoms with Crippen LogP contribution in [0.2, 0.25) is 0 Å². The summed E-state index contributed by atoms with van der Waals surface area (Å²) in [4.78, 5) is 25.2. The molecule has 0 aliphatic rings. The molecule has 0 aliphatic carbocycles. The van der Waals surface area contributed by atoms with Crippen molar-refractivity contribution in [2.45, 2.75) is 0 Å². The smallest absolute Gasteiger partial charge is 0.164 e. The molecule has 10 aromatic rings. The molecular formula is C55H37N5. The van der Waals surface area contributed by atoms with E-state index in [-0.39, 0.29) is 0 Å². The van der Waals surface area contributed by atoms with Gasteiger partial charge in [-0.3, -0.25) is 0 Å². The zero-order chi connectivity index (χ0) is 40.1. The molecule has 8 aromatic carbocycles. The Hall–Kier alpha value is -8.15. The fraction of sp³-hybridized carbons (Fsp3) is 0. The molecule has 0 unspecified atom stereocenters. The van der Waals surface area contributed by atoms with Crippen LogP contribution < -0.4 is 0 Å². The Labute approximate surface area is 349 Å². The second kappa shape index (κ2) is 16.4. The van der Waals surface area contributed by atoms with Gasteiger partial charge in [-0.1, -0.05) is 212 Å². The normalized spacial score (nSPS) is 11.0. The Kier molecular flexibility index (Phi) is 9.88. The lowest BCUT2D eigenvalue weighted by atomic mass is 9.96. The molecular weight excluding hydrogens is 731 g/mol. The minimum Gasteiger partial charge on any atom is -0.228 e. The second-order valence-corrected chi connectivity index (χ2v) is 14.5. The lowest BCUT2D eigenvalue weighted by Crippen LogP contribution is -2.00. The summed E-state index contributed by atoms with van der Waals surface area (Å²) in [5.74, 6) is 2.57. The van der Waals surface area contributed by atoms with Gasteiger partial charge in [0.05, 0.1) is 11.4 Å². The predicted molar refractivity (Wildman–Crippen MR) is 244 cm³/mol. The third-order valence-corrected chi connectivity index (χ3v) is 10.6. The largest absolute Gasteiger partial charge is 0.228 e. The van der Waals surface area contributed by atoms with Crippen molar-refractivity contribution in [1.82, 2.24) is 24.9 Å². The molecule has 0 aliphatic heterocycles. The lowest BCUT2D eigenvalue weighted by Gasteiger charge is -2.14. The predicted octanol–water partition coefficient (Wildman–Crippen LogP) is 13.7. The molecule has 2 aromatic heterocycles. The number of rotatable bonds is 9. The van der Waals surface area contributed by atoms with Crippen molar-refractivity contribution in [2.75, 3.05) is 0 Å². The van der Waals surface area contributed by atoms with Crippen LogP contribution in [0.1, 0.15) is 0 Å². The molecule has 10 rings (SSSR count). The van der Waals surface area contributed by atoms with Gasteiger partial charge in [-0.05, 0) is 45.5 Å². The van der Waals surface area contributed by atoms with E-state index in [1.54, 1.807) is 0 Å². The summed E-state index contributed by atoms with van der Waals surface area (Å²) in [6, 6.07) is 77.1. The first-order valence-corrected chi connectivity index (χ1v) is 20.0. The Morgan fingerprint density at radius 2 is 0.533 bits per heavy atom. The van der Waals surface area contributed by atoms with E-state index in [0.29, 0.717) is 23.3 Å². The highest BCUT2D eigenvalue weighted by atomic mass is 15.0. The van der Waals surface area contributed by atoms with Gasteiger partial charge in [-0.25, -0.2) is 24.9 Å². The van der Waals surface area contributed by atoms with Crippen LogP contribution in [0.15, 0.2) is 224 Å². The first-order chi connectivity index (χ1) is 29.7. The summed E-state index contributed by atoms with van der Waals surface area (Å²) >= 11 is 0. The molecule has 60 heavy (non-hydrogen) atoms. The summed E-state index contributed by atoms with van der Waals surface area (Å²) < 4.78 is 0. The van der Waals surface area contributed by atoms with Gasteiger partial charge in [0.2, 0.25) is 0 Å². The van der Waals surface area contributed by atoms with E-state index < -0.39 is 0 Å². The van der Waals surface area contributed by atoms with E-state index in [9.17, 15) is 0 Å².